The van der Waals surface area contributed by atoms with Crippen molar-refractivity contribution in [1.82, 2.24) is 31.3 Å². The Morgan fingerprint density at radius 1 is 1.00 bits per heavy atom. The molecule has 11 nitrogen and oxygen atoms in total. The third-order valence-corrected chi connectivity index (χ3v) is 6.80. The number of aromatic nitrogens is 4. The van der Waals surface area contributed by atoms with E-state index in [4.69, 9.17) is 4.74 Å². The van der Waals surface area contributed by atoms with Crippen LogP contribution in [0.2, 0.25) is 0 Å². The van der Waals surface area contributed by atoms with Gasteiger partial charge in [0.25, 0.3) is 0 Å². The van der Waals surface area contributed by atoms with Crippen molar-refractivity contribution in [1.29, 1.82) is 0 Å². The number of fused-ring (bicyclic) bond motifs is 1. The lowest BCUT2D eigenvalue weighted by molar-refractivity contribution is -0.127. The second kappa shape index (κ2) is 12.2. The van der Waals surface area contributed by atoms with Crippen molar-refractivity contribution in [2.24, 2.45) is 0 Å². The summed E-state index contributed by atoms with van der Waals surface area (Å²) in [4.78, 5) is 40.2. The molecule has 0 bridgehead atoms. The lowest BCUT2D eigenvalue weighted by atomic mass is 9.98. The molecule has 1 aliphatic heterocycles. The fourth-order valence-corrected chi connectivity index (χ4v) is 4.90. The first-order valence-electron chi connectivity index (χ1n) is 13.8. The van der Waals surface area contributed by atoms with Gasteiger partial charge in [0.15, 0.2) is 0 Å². The van der Waals surface area contributed by atoms with Crippen LogP contribution in [0.15, 0.2) is 72.8 Å². The van der Waals surface area contributed by atoms with Crippen LogP contribution in [0.5, 0.6) is 0 Å². The normalized spacial score (nSPS) is 15.0. The molecule has 0 aliphatic carbocycles. The topological polar surface area (TPSA) is 142 Å². The maximum absolute atomic E-state index is 13.8. The lowest BCUT2D eigenvalue weighted by Gasteiger charge is -2.26. The van der Waals surface area contributed by atoms with Crippen molar-refractivity contribution in [3.8, 4) is 22.5 Å². The molecule has 42 heavy (non-hydrogen) atoms. The third kappa shape index (κ3) is 6.80. The Kier molecular flexibility index (Phi) is 8.28. The van der Waals surface area contributed by atoms with Crippen molar-refractivity contribution >= 4 is 23.6 Å². The molecule has 0 saturated heterocycles. The second-order valence-electron chi connectivity index (χ2n) is 11.0. The standard InChI is InChI=1S/C31H33N7O4/c1-31(2,3)42-30(41)32-18-27(39)33-25-17-16-22-8-4-7-11-26(22)38(29(25)40)19-20-12-14-21(15-13-20)23-9-5-6-10-24(23)28-34-36-37-35-28/h4-15,25H,16-19H2,1-3H3,(H,32,41)(H,33,39)(H,34,35,36,37). The van der Waals surface area contributed by atoms with Gasteiger partial charge in [-0.3, -0.25) is 9.59 Å². The Labute approximate surface area is 243 Å². The average molecular weight is 568 g/mol. The summed E-state index contributed by atoms with van der Waals surface area (Å²) in [5, 5.41) is 19.7. The number of alkyl carbamates (subject to hydrolysis) is 1. The van der Waals surface area contributed by atoms with Gasteiger partial charge in [0, 0.05) is 11.3 Å². The number of para-hydroxylation sites is 1. The highest BCUT2D eigenvalue weighted by Crippen LogP contribution is 2.31. The van der Waals surface area contributed by atoms with Gasteiger partial charge in [-0.05, 0) is 67.1 Å². The van der Waals surface area contributed by atoms with Crippen molar-refractivity contribution in [2.45, 2.75) is 51.8 Å². The summed E-state index contributed by atoms with van der Waals surface area (Å²) in [7, 11) is 0. The van der Waals surface area contributed by atoms with E-state index in [0.717, 1.165) is 33.5 Å². The smallest absolute Gasteiger partial charge is 0.408 e. The number of nitrogens with zero attached hydrogens (tertiary/aromatic N) is 4. The zero-order valence-electron chi connectivity index (χ0n) is 23.8. The number of aromatic amines is 1. The van der Waals surface area contributed by atoms with Crippen LogP contribution in [0, 0.1) is 0 Å². The van der Waals surface area contributed by atoms with Crippen LogP contribution in [-0.4, -0.2) is 56.7 Å². The van der Waals surface area contributed by atoms with Crippen LogP contribution in [0.1, 0.15) is 38.3 Å². The number of hydrogen-bond donors (Lipinski definition) is 3. The predicted molar refractivity (Wildman–Crippen MR) is 157 cm³/mol. The molecule has 1 unspecified atom stereocenters. The number of carbonyl (C=O) groups is 3. The molecule has 3 amide bonds. The predicted octanol–water partition coefficient (Wildman–Crippen LogP) is 4.02. The zero-order valence-corrected chi connectivity index (χ0v) is 23.8. The molecular formula is C31H33N7O4. The van der Waals surface area contributed by atoms with E-state index in [2.05, 4.69) is 31.3 Å². The molecule has 2 heterocycles. The van der Waals surface area contributed by atoms with E-state index < -0.39 is 23.6 Å². The maximum atomic E-state index is 13.8. The number of rotatable bonds is 7. The van der Waals surface area contributed by atoms with Crippen molar-refractivity contribution in [3.05, 3.63) is 83.9 Å². The molecule has 3 N–H and O–H groups in total. The van der Waals surface area contributed by atoms with E-state index in [-0.39, 0.29) is 12.5 Å². The zero-order chi connectivity index (χ0) is 29.7. The van der Waals surface area contributed by atoms with E-state index >= 15 is 0 Å². The van der Waals surface area contributed by atoms with E-state index in [1.807, 2.05) is 72.8 Å². The van der Waals surface area contributed by atoms with Gasteiger partial charge in [-0.2, -0.15) is 5.21 Å². The number of ether oxygens (including phenoxy) is 1. The molecule has 0 spiro atoms. The van der Waals surface area contributed by atoms with Crippen LogP contribution in [0.4, 0.5) is 10.5 Å². The van der Waals surface area contributed by atoms with Gasteiger partial charge in [0.2, 0.25) is 17.6 Å². The fourth-order valence-electron chi connectivity index (χ4n) is 4.90. The first-order chi connectivity index (χ1) is 20.2. The Morgan fingerprint density at radius 3 is 2.43 bits per heavy atom. The highest BCUT2D eigenvalue weighted by atomic mass is 16.6. The van der Waals surface area contributed by atoms with E-state index in [9.17, 15) is 14.4 Å². The number of H-pyrrole nitrogens is 1. The maximum Gasteiger partial charge on any atom is 0.408 e. The minimum absolute atomic E-state index is 0.211. The SMILES string of the molecule is CC(C)(C)OC(=O)NCC(=O)NC1CCc2ccccc2N(Cc2ccc(-c3ccccc3-c3nn[nH]n3)cc2)C1=O. The second-order valence-corrected chi connectivity index (χ2v) is 11.0. The summed E-state index contributed by atoms with van der Waals surface area (Å²) in [5.74, 6) is -0.164. The molecule has 0 radical (unpaired) electrons. The Morgan fingerprint density at radius 2 is 1.71 bits per heavy atom. The van der Waals surface area contributed by atoms with E-state index in [1.165, 1.54) is 0 Å². The van der Waals surface area contributed by atoms with Gasteiger partial charge in [-0.25, -0.2) is 4.79 Å². The number of tetrazole rings is 1. The largest absolute Gasteiger partial charge is 0.444 e. The molecule has 1 aromatic heterocycles. The number of aryl methyl sites for hydroxylation is 1. The number of hydrogen-bond acceptors (Lipinski definition) is 7. The minimum atomic E-state index is -0.744. The quantitative estimate of drug-likeness (QED) is 0.306. The van der Waals surface area contributed by atoms with Gasteiger partial charge in [-0.1, -0.05) is 66.7 Å². The third-order valence-electron chi connectivity index (χ3n) is 6.80. The van der Waals surface area contributed by atoms with Gasteiger partial charge in [-0.15, -0.1) is 10.2 Å². The fraction of sp³-hybridized carbons (Fsp3) is 0.290. The van der Waals surface area contributed by atoms with Crippen LogP contribution >= 0.6 is 0 Å². The summed E-state index contributed by atoms with van der Waals surface area (Å²) < 4.78 is 5.19. The lowest BCUT2D eigenvalue weighted by Crippen LogP contribution is -2.50. The number of anilines is 1. The molecule has 1 atom stereocenters. The van der Waals surface area contributed by atoms with Crippen LogP contribution in [0.25, 0.3) is 22.5 Å². The Hall–Kier alpha value is -5.06. The number of benzene rings is 3. The molecule has 5 rings (SSSR count). The van der Waals surface area contributed by atoms with Crippen LogP contribution in [0.3, 0.4) is 0 Å². The Bertz CT molecular complexity index is 1560. The summed E-state index contributed by atoms with van der Waals surface area (Å²) in [6, 6.07) is 22.8. The monoisotopic (exact) mass is 567 g/mol. The van der Waals surface area contributed by atoms with Gasteiger partial charge in [0.1, 0.15) is 18.2 Å². The molecule has 3 aromatic carbocycles. The summed E-state index contributed by atoms with van der Waals surface area (Å²) in [5.41, 5.74) is 4.89. The molecule has 4 aromatic rings. The highest BCUT2D eigenvalue weighted by molar-refractivity contribution is 6.00. The summed E-state index contributed by atoms with van der Waals surface area (Å²) in [6.07, 6.45) is 0.368. The molecule has 0 fully saturated rings. The average Bonchev–Trinajstić information content (AvgIpc) is 3.48. The van der Waals surface area contributed by atoms with Crippen molar-refractivity contribution in [2.75, 3.05) is 11.4 Å². The van der Waals surface area contributed by atoms with Crippen molar-refractivity contribution < 1.29 is 19.1 Å². The number of nitrogens with one attached hydrogen (secondary N) is 3. The van der Waals surface area contributed by atoms with Gasteiger partial charge < -0.3 is 20.3 Å². The first-order valence-corrected chi connectivity index (χ1v) is 13.8. The van der Waals surface area contributed by atoms with Gasteiger partial charge in [0.05, 0.1) is 6.54 Å². The highest BCUT2D eigenvalue weighted by Gasteiger charge is 2.31. The molecule has 0 saturated carbocycles. The molecule has 11 heteroatoms. The molecule has 1 aliphatic rings. The number of carbonyl (C=O) groups excluding carboxylic acids is 3. The van der Waals surface area contributed by atoms with E-state index in [1.54, 1.807) is 25.7 Å². The van der Waals surface area contributed by atoms with Crippen LogP contribution < -0.4 is 15.5 Å². The first kappa shape index (κ1) is 28.5. The summed E-state index contributed by atoms with van der Waals surface area (Å²) >= 11 is 0. The number of amides is 3. The summed E-state index contributed by atoms with van der Waals surface area (Å²) in [6.45, 7) is 5.26. The minimum Gasteiger partial charge on any atom is -0.444 e. The molecular weight excluding hydrogens is 534 g/mol. The van der Waals surface area contributed by atoms with E-state index in [0.29, 0.717) is 25.2 Å². The molecule has 216 valence electrons. The van der Waals surface area contributed by atoms with Gasteiger partial charge >= 0.3 is 6.09 Å². The Balaban J connectivity index is 1.32. The van der Waals surface area contributed by atoms with Crippen LogP contribution in [-0.2, 0) is 27.3 Å². The van der Waals surface area contributed by atoms with Crippen molar-refractivity contribution in [3.63, 3.8) is 0 Å².